The van der Waals surface area contributed by atoms with Crippen molar-refractivity contribution in [1.82, 2.24) is 41.5 Å². The van der Waals surface area contributed by atoms with Gasteiger partial charge in [0.15, 0.2) is 4.90 Å². The summed E-state index contributed by atoms with van der Waals surface area (Å²) < 4.78 is 43.2. The number of nitrogens with zero attached hydrogens (tertiary/aromatic N) is 1. The highest BCUT2D eigenvalue weighted by molar-refractivity contribution is 7.89. The molecule has 23 heteroatoms. The second-order valence-corrected chi connectivity index (χ2v) is 18.4. The number of nitrogens with two attached hydrogens (primary N) is 2. The van der Waals surface area contributed by atoms with E-state index in [2.05, 4.69) is 48.6 Å². The van der Waals surface area contributed by atoms with Crippen molar-refractivity contribution < 1.29 is 47.7 Å². The predicted octanol–water partition coefficient (Wildman–Crippen LogP) is 2.15. The Bertz CT molecular complexity index is 1730. The van der Waals surface area contributed by atoms with Crippen LogP contribution in [0, 0.1) is 0 Å². The summed E-state index contributed by atoms with van der Waals surface area (Å²) in [7, 11) is 2.06. The van der Waals surface area contributed by atoms with Crippen LogP contribution in [-0.2, 0) is 41.6 Å². The van der Waals surface area contributed by atoms with Gasteiger partial charge in [0.25, 0.3) is 0 Å². The van der Waals surface area contributed by atoms with Gasteiger partial charge in [-0.3, -0.25) is 0 Å². The molecule has 0 saturated carbocycles. The number of likely N-dealkylation sites (N-methyl/N-ethyl adjacent to an activating group) is 1. The first kappa shape index (κ1) is 59.1. The molecule has 3 atom stereocenters. The Hall–Kier alpha value is -3.26. The average molecular weight is 1020 g/mol. The Morgan fingerprint density at radius 2 is 1.21 bits per heavy atom. The van der Waals surface area contributed by atoms with Crippen LogP contribution >= 0.6 is 23.2 Å². The summed E-state index contributed by atoms with van der Waals surface area (Å²) in [5.41, 5.74) is 14.9. The molecular formula is C45H76Cl2N10O10S. The molecule has 0 bridgehead atoms. The van der Waals surface area contributed by atoms with Gasteiger partial charge in [-0.2, -0.15) is 0 Å². The molecule has 0 spiro atoms. The number of fused-ring (bicyclic) bond motifs is 1. The second kappa shape index (κ2) is 35.8. The third-order valence-corrected chi connectivity index (χ3v) is 12.4. The largest absolute Gasteiger partial charge is 0.593 e. The lowest BCUT2D eigenvalue weighted by Crippen LogP contribution is -2.44. The summed E-state index contributed by atoms with van der Waals surface area (Å²) in [4.78, 5) is 39.7. The SMILES string of the molecule is CN1Cc2c(Cl)cc(Cl)cc2C(c2cccc([S+]([O-])NCCOCCOCCNC(=O)NCCCC(N)(CCCNC(=O)NCCOCCO)CCCNC(=O)NCCOCCOCCN)c2)C1. The summed E-state index contributed by atoms with van der Waals surface area (Å²) in [6.07, 6.45) is 3.74. The number of hydrogen-bond donors (Lipinski definition) is 10. The third-order valence-electron chi connectivity index (χ3n) is 10.7. The fourth-order valence-corrected chi connectivity index (χ4v) is 8.81. The number of aliphatic hydroxyl groups is 1. The standard InChI is InChI=1S/C45H76Cl2N10O10S/c1-57-33-39(38-31-36(46)32-41(47)40(38)34-57)35-6-2-7-37(30-35)68(62)56-18-24-67-29-28-66-23-17-55-44(61)52-14-5-10-45(49,8-3-12-50-42(59)53-15-21-64-25-19-58)9-4-13-51-43(60)54-16-22-65-27-26-63-20-11-48/h2,6-7,30-32,39,56,58H,3-5,8-29,33-34,48-49H2,1H3,(H2,50,53,59)(H2,51,54,60)(H2,52,55,61). The van der Waals surface area contributed by atoms with Gasteiger partial charge in [0.1, 0.15) is 0 Å². The van der Waals surface area contributed by atoms with Crippen LogP contribution in [0.4, 0.5) is 14.4 Å². The zero-order valence-corrected chi connectivity index (χ0v) is 41.8. The molecule has 2 aromatic rings. The number of hydrogen-bond acceptors (Lipinski definition) is 14. The van der Waals surface area contributed by atoms with Gasteiger partial charge in [0.2, 0.25) is 0 Å². The highest BCUT2D eigenvalue weighted by Crippen LogP contribution is 2.38. The van der Waals surface area contributed by atoms with Gasteiger partial charge < -0.3 is 81.6 Å². The molecule has 1 heterocycles. The summed E-state index contributed by atoms with van der Waals surface area (Å²) in [6, 6.07) is 10.6. The quantitative estimate of drug-likeness (QED) is 0.0343. The number of carbonyl (C=O) groups excluding carboxylic acids is 3. The van der Waals surface area contributed by atoms with Crippen molar-refractivity contribution >= 4 is 52.7 Å². The Morgan fingerprint density at radius 3 is 1.72 bits per heavy atom. The molecule has 0 radical (unpaired) electrons. The van der Waals surface area contributed by atoms with E-state index in [-0.39, 0.29) is 37.2 Å². The fourth-order valence-electron chi connectivity index (χ4n) is 7.36. The van der Waals surface area contributed by atoms with Crippen molar-refractivity contribution in [2.45, 2.75) is 61.4 Å². The number of rotatable bonds is 37. The number of carbonyl (C=O) groups is 3. The molecule has 1 aliphatic rings. The van der Waals surface area contributed by atoms with Crippen LogP contribution in [-0.4, -0.2) is 177 Å². The fraction of sp³-hybridized carbons (Fsp3) is 0.667. The van der Waals surface area contributed by atoms with Crippen LogP contribution in [0.5, 0.6) is 0 Å². The van der Waals surface area contributed by atoms with E-state index < -0.39 is 16.9 Å². The van der Waals surface area contributed by atoms with Crippen LogP contribution in [0.15, 0.2) is 41.3 Å². The van der Waals surface area contributed by atoms with E-state index >= 15 is 0 Å². The zero-order chi connectivity index (χ0) is 49.2. The van der Waals surface area contributed by atoms with Crippen LogP contribution in [0.25, 0.3) is 0 Å². The van der Waals surface area contributed by atoms with Gasteiger partial charge >= 0.3 is 18.1 Å². The molecule has 68 heavy (non-hydrogen) atoms. The number of ether oxygens (including phenoxy) is 5. The molecule has 386 valence electrons. The van der Waals surface area contributed by atoms with Gasteiger partial charge in [-0.25, -0.2) is 14.4 Å². The van der Waals surface area contributed by atoms with Gasteiger partial charge in [0.05, 0.1) is 90.6 Å². The van der Waals surface area contributed by atoms with Crippen molar-refractivity contribution in [2.75, 3.05) is 139 Å². The first-order chi connectivity index (χ1) is 32.9. The molecule has 6 amide bonds. The lowest BCUT2D eigenvalue weighted by molar-refractivity contribution is 0.0516. The maximum absolute atomic E-state index is 13.1. The number of amides is 6. The third kappa shape index (κ3) is 25.6. The van der Waals surface area contributed by atoms with E-state index in [1.165, 1.54) is 0 Å². The van der Waals surface area contributed by atoms with Crippen LogP contribution in [0.2, 0.25) is 10.0 Å². The first-order valence-electron chi connectivity index (χ1n) is 23.4. The average Bonchev–Trinajstić information content (AvgIpc) is 3.32. The number of nitrogens with one attached hydrogen (secondary N) is 7. The zero-order valence-electron chi connectivity index (χ0n) is 39.5. The number of benzene rings is 2. The normalized spacial score (nSPS) is 15.0. The highest BCUT2D eigenvalue weighted by atomic mass is 35.5. The van der Waals surface area contributed by atoms with Gasteiger partial charge in [-0.15, -0.1) is 4.72 Å². The van der Waals surface area contributed by atoms with Crippen molar-refractivity contribution in [3.63, 3.8) is 0 Å². The van der Waals surface area contributed by atoms with E-state index in [4.69, 9.17) is 63.5 Å². The first-order valence-corrected chi connectivity index (χ1v) is 25.3. The number of aliphatic hydroxyl groups excluding tert-OH is 1. The Balaban J connectivity index is 1.26. The minimum Gasteiger partial charge on any atom is -0.593 e. The maximum Gasteiger partial charge on any atom is 0.314 e. The smallest absolute Gasteiger partial charge is 0.314 e. The molecule has 3 unspecified atom stereocenters. The van der Waals surface area contributed by atoms with E-state index in [1.54, 1.807) is 6.07 Å². The Labute approximate surface area is 414 Å². The molecule has 0 aliphatic carbocycles. The highest BCUT2D eigenvalue weighted by Gasteiger charge is 2.28. The maximum atomic E-state index is 13.1. The van der Waals surface area contributed by atoms with E-state index in [0.717, 1.165) is 29.8 Å². The lowest BCUT2D eigenvalue weighted by atomic mass is 9.85. The van der Waals surface area contributed by atoms with E-state index in [9.17, 15) is 18.9 Å². The molecule has 0 aromatic heterocycles. The summed E-state index contributed by atoms with van der Waals surface area (Å²) >= 11 is 11.5. The van der Waals surface area contributed by atoms with Crippen molar-refractivity contribution in [1.29, 1.82) is 0 Å². The molecule has 0 saturated heterocycles. The minimum absolute atomic E-state index is 0.0447. The topological polar surface area (TPSA) is 280 Å². The molecule has 3 rings (SSSR count). The number of urea groups is 3. The Morgan fingerprint density at radius 1 is 0.721 bits per heavy atom. The molecule has 20 nitrogen and oxygen atoms in total. The van der Waals surface area contributed by atoms with Crippen LogP contribution in [0.1, 0.15) is 61.1 Å². The monoisotopic (exact) mass is 1020 g/mol. The lowest BCUT2D eigenvalue weighted by Gasteiger charge is -2.33. The van der Waals surface area contributed by atoms with Gasteiger partial charge in [0, 0.05) is 80.4 Å². The molecule has 12 N–H and O–H groups in total. The summed E-state index contributed by atoms with van der Waals surface area (Å²) in [6.45, 7) is 8.05. The van der Waals surface area contributed by atoms with Gasteiger partial charge in [-0.1, -0.05) is 35.3 Å². The van der Waals surface area contributed by atoms with Crippen molar-refractivity contribution in [3.8, 4) is 0 Å². The summed E-state index contributed by atoms with van der Waals surface area (Å²) in [5, 5.41) is 26.8. The van der Waals surface area contributed by atoms with Crippen molar-refractivity contribution in [2.24, 2.45) is 11.5 Å². The molecule has 0 fully saturated rings. The Kier molecular flexibility index (Phi) is 31.1. The van der Waals surface area contributed by atoms with Crippen molar-refractivity contribution in [3.05, 3.63) is 63.1 Å². The molecular weight excluding hydrogens is 944 g/mol. The second-order valence-electron chi connectivity index (χ2n) is 16.2. The van der Waals surface area contributed by atoms with Crippen LogP contribution < -0.4 is 48.1 Å². The molecule has 2 aromatic carbocycles. The van der Waals surface area contributed by atoms with E-state index in [1.807, 2.05) is 30.3 Å². The van der Waals surface area contributed by atoms with Gasteiger partial charge in [-0.05, 0) is 86.5 Å². The van der Waals surface area contributed by atoms with E-state index in [0.29, 0.717) is 165 Å². The van der Waals surface area contributed by atoms with Crippen LogP contribution in [0.3, 0.4) is 0 Å². The summed E-state index contributed by atoms with van der Waals surface area (Å²) in [5.74, 6) is 0.0447. The minimum atomic E-state index is -1.43. The molecule has 1 aliphatic heterocycles. The number of halogens is 2. The predicted molar refractivity (Wildman–Crippen MR) is 265 cm³/mol.